The number of piperidine rings is 2. The second-order valence-electron chi connectivity index (χ2n) is 9.81. The van der Waals surface area contributed by atoms with Crippen molar-refractivity contribution in [2.75, 3.05) is 37.7 Å². The highest BCUT2D eigenvalue weighted by Gasteiger charge is 2.51. The Labute approximate surface area is 196 Å². The predicted octanol–water partition coefficient (Wildman–Crippen LogP) is 3.07. The zero-order valence-electron chi connectivity index (χ0n) is 19.6. The molecule has 3 unspecified atom stereocenters. The fourth-order valence-corrected chi connectivity index (χ4v) is 6.38. The van der Waals surface area contributed by atoms with Gasteiger partial charge < -0.3 is 14.4 Å². The summed E-state index contributed by atoms with van der Waals surface area (Å²) in [6.07, 6.45) is 10.3. The van der Waals surface area contributed by atoms with Crippen LogP contribution in [0.5, 0.6) is 0 Å². The maximum absolute atomic E-state index is 13.0. The molecule has 1 amide bonds. The van der Waals surface area contributed by atoms with Crippen molar-refractivity contribution in [3.63, 3.8) is 0 Å². The number of hydrogen-bond donors (Lipinski definition) is 0. The van der Waals surface area contributed by atoms with Gasteiger partial charge in [0.25, 0.3) is 0 Å². The summed E-state index contributed by atoms with van der Waals surface area (Å²) >= 11 is 0. The van der Waals surface area contributed by atoms with Gasteiger partial charge in [-0.05, 0) is 77.1 Å². The zero-order valence-corrected chi connectivity index (χ0v) is 19.6. The monoisotopic (exact) mass is 456 g/mol. The molecule has 4 heterocycles. The fourth-order valence-electron chi connectivity index (χ4n) is 6.38. The normalized spacial score (nSPS) is 29.6. The molecule has 0 spiro atoms. The van der Waals surface area contributed by atoms with Crippen molar-refractivity contribution in [1.29, 1.82) is 0 Å². The van der Waals surface area contributed by atoms with Crippen LogP contribution < -0.4 is 4.90 Å². The van der Waals surface area contributed by atoms with Crippen molar-refractivity contribution in [1.82, 2.24) is 14.8 Å². The maximum atomic E-state index is 13.0. The summed E-state index contributed by atoms with van der Waals surface area (Å²) in [5, 5.41) is 0. The number of likely N-dealkylation sites (tertiary alicyclic amines) is 1. The molecule has 3 saturated heterocycles. The number of aromatic nitrogens is 1. The van der Waals surface area contributed by atoms with Crippen LogP contribution in [0.15, 0.2) is 24.5 Å². The molecule has 1 aromatic heterocycles. The first-order valence-corrected chi connectivity index (χ1v) is 12.7. The molecular formula is C25H36N4O4. The van der Waals surface area contributed by atoms with E-state index in [0.29, 0.717) is 6.61 Å². The van der Waals surface area contributed by atoms with Gasteiger partial charge in [-0.3, -0.25) is 19.6 Å². The molecule has 0 bridgehead atoms. The Morgan fingerprint density at radius 1 is 1.03 bits per heavy atom. The summed E-state index contributed by atoms with van der Waals surface area (Å²) in [5.74, 6) is -0.0518. The highest BCUT2D eigenvalue weighted by Crippen LogP contribution is 2.39. The van der Waals surface area contributed by atoms with Crippen LogP contribution in [0.4, 0.5) is 10.5 Å². The molecule has 1 saturated carbocycles. The van der Waals surface area contributed by atoms with Crippen molar-refractivity contribution >= 4 is 17.7 Å². The molecule has 4 aliphatic rings. The lowest BCUT2D eigenvalue weighted by Gasteiger charge is -2.44. The average Bonchev–Trinajstić information content (AvgIpc) is 3.21. The van der Waals surface area contributed by atoms with E-state index in [1.807, 2.05) is 19.3 Å². The predicted molar refractivity (Wildman–Crippen MR) is 124 cm³/mol. The van der Waals surface area contributed by atoms with Crippen molar-refractivity contribution in [2.45, 2.75) is 76.1 Å². The molecule has 0 N–H and O–H groups in total. The van der Waals surface area contributed by atoms with Gasteiger partial charge in [0.05, 0.1) is 18.6 Å². The molecule has 33 heavy (non-hydrogen) atoms. The number of anilines is 1. The lowest BCUT2D eigenvalue weighted by atomic mass is 9.84. The van der Waals surface area contributed by atoms with E-state index in [1.165, 1.54) is 5.69 Å². The molecular weight excluding hydrogens is 420 g/mol. The minimum Gasteiger partial charge on any atom is -0.466 e. The maximum Gasteiger partial charge on any atom is 0.410 e. The van der Waals surface area contributed by atoms with Crippen molar-refractivity contribution in [2.24, 2.45) is 5.92 Å². The lowest BCUT2D eigenvalue weighted by molar-refractivity contribution is -0.150. The number of esters is 1. The van der Waals surface area contributed by atoms with E-state index < -0.39 is 0 Å². The zero-order chi connectivity index (χ0) is 22.8. The quantitative estimate of drug-likeness (QED) is 0.631. The van der Waals surface area contributed by atoms with Gasteiger partial charge in [0.1, 0.15) is 6.10 Å². The van der Waals surface area contributed by atoms with Crippen LogP contribution in [0.25, 0.3) is 0 Å². The molecule has 8 heteroatoms. The van der Waals surface area contributed by atoms with Gasteiger partial charge in [-0.25, -0.2) is 4.79 Å². The first-order valence-electron chi connectivity index (χ1n) is 12.7. The number of nitrogens with zero attached hydrogens (tertiary/aromatic N) is 4. The Hall–Kier alpha value is -2.35. The number of carbonyl (C=O) groups excluding carboxylic acids is 2. The first kappa shape index (κ1) is 22.4. The Morgan fingerprint density at radius 3 is 2.42 bits per heavy atom. The van der Waals surface area contributed by atoms with Gasteiger partial charge in [-0.2, -0.15) is 0 Å². The third kappa shape index (κ3) is 4.54. The van der Waals surface area contributed by atoms with E-state index >= 15 is 0 Å². The van der Waals surface area contributed by atoms with Crippen LogP contribution in [0, 0.1) is 5.92 Å². The Morgan fingerprint density at radius 2 is 1.73 bits per heavy atom. The molecule has 8 nitrogen and oxygen atoms in total. The van der Waals surface area contributed by atoms with Crippen molar-refractivity contribution < 1.29 is 19.1 Å². The number of fused-ring (bicyclic) bond motifs is 1. The summed E-state index contributed by atoms with van der Waals surface area (Å²) in [6.45, 7) is 5.94. The average molecular weight is 457 g/mol. The number of ether oxygens (including phenoxy) is 2. The number of hydrogen-bond acceptors (Lipinski definition) is 7. The van der Waals surface area contributed by atoms with Crippen LogP contribution >= 0.6 is 0 Å². The molecule has 180 valence electrons. The number of carbonyl (C=O) groups is 2. The van der Waals surface area contributed by atoms with E-state index in [-0.39, 0.29) is 42.2 Å². The third-order valence-electron chi connectivity index (χ3n) is 8.07. The van der Waals surface area contributed by atoms with E-state index in [2.05, 4.69) is 31.8 Å². The van der Waals surface area contributed by atoms with Crippen LogP contribution in [0.1, 0.15) is 51.9 Å². The summed E-state index contributed by atoms with van der Waals surface area (Å²) in [5.41, 5.74) is 1.20. The molecule has 1 aromatic rings. The van der Waals surface area contributed by atoms with Crippen LogP contribution in [0.3, 0.4) is 0 Å². The van der Waals surface area contributed by atoms with Gasteiger partial charge in [0.15, 0.2) is 0 Å². The van der Waals surface area contributed by atoms with Gasteiger partial charge in [0, 0.05) is 43.3 Å². The van der Waals surface area contributed by atoms with Crippen LogP contribution in [-0.4, -0.2) is 83.9 Å². The Kier molecular flexibility index (Phi) is 6.71. The highest BCUT2D eigenvalue weighted by atomic mass is 16.6. The number of pyridine rings is 1. The summed E-state index contributed by atoms with van der Waals surface area (Å²) < 4.78 is 11.3. The molecule has 5 rings (SSSR count). The van der Waals surface area contributed by atoms with Gasteiger partial charge >= 0.3 is 12.1 Å². The van der Waals surface area contributed by atoms with Crippen LogP contribution in [-0.2, 0) is 14.3 Å². The Balaban J connectivity index is 1.19. The molecule has 3 aliphatic heterocycles. The minimum atomic E-state index is -0.124. The lowest BCUT2D eigenvalue weighted by Crippen LogP contribution is -2.56. The summed E-state index contributed by atoms with van der Waals surface area (Å²) in [7, 11) is 0. The SMILES string of the molecule is CCOC(=O)C1CCN(C2CCCC3C2OC(=O)N3C2CCN(c3ccncc3)CC2)CC1. The smallest absolute Gasteiger partial charge is 0.410 e. The highest BCUT2D eigenvalue weighted by molar-refractivity contribution is 5.72. The first-order chi connectivity index (χ1) is 16.2. The molecule has 1 aliphatic carbocycles. The fraction of sp³-hybridized carbons (Fsp3) is 0.720. The van der Waals surface area contributed by atoms with E-state index in [9.17, 15) is 9.59 Å². The summed E-state index contributed by atoms with van der Waals surface area (Å²) in [4.78, 5) is 36.2. The second kappa shape index (κ2) is 9.87. The third-order valence-corrected chi connectivity index (χ3v) is 8.07. The molecule has 3 atom stereocenters. The largest absolute Gasteiger partial charge is 0.466 e. The van der Waals surface area contributed by atoms with Gasteiger partial charge in [-0.15, -0.1) is 0 Å². The molecule has 0 radical (unpaired) electrons. The Bertz CT molecular complexity index is 821. The molecule has 4 fully saturated rings. The van der Waals surface area contributed by atoms with E-state index in [1.54, 1.807) is 0 Å². The standard InChI is InChI=1S/C25H36N4O4/c1-2-32-24(30)18-8-14-28(15-9-18)21-4-3-5-22-23(21)33-25(31)29(22)20-10-16-27(17-11-20)19-6-12-26-13-7-19/h6-7,12-13,18,20-23H,2-5,8-11,14-17H2,1H3. The molecule has 0 aromatic carbocycles. The number of amides is 1. The van der Waals surface area contributed by atoms with Gasteiger partial charge in [-0.1, -0.05) is 0 Å². The number of rotatable bonds is 5. The second-order valence-corrected chi connectivity index (χ2v) is 9.81. The minimum absolute atomic E-state index is 0.00814. The van der Waals surface area contributed by atoms with Crippen molar-refractivity contribution in [3.05, 3.63) is 24.5 Å². The topological polar surface area (TPSA) is 75.2 Å². The van der Waals surface area contributed by atoms with E-state index in [0.717, 1.165) is 71.1 Å². The van der Waals surface area contributed by atoms with Crippen molar-refractivity contribution in [3.8, 4) is 0 Å². The van der Waals surface area contributed by atoms with Gasteiger partial charge in [0.2, 0.25) is 0 Å². The van der Waals surface area contributed by atoms with Crippen LogP contribution in [0.2, 0.25) is 0 Å². The van der Waals surface area contributed by atoms with E-state index in [4.69, 9.17) is 9.47 Å². The summed E-state index contributed by atoms with van der Waals surface area (Å²) in [6, 6.07) is 4.79.